The van der Waals surface area contributed by atoms with Crippen molar-refractivity contribution in [2.24, 2.45) is 5.92 Å². The van der Waals surface area contributed by atoms with Gasteiger partial charge in [-0.3, -0.25) is 10.1 Å². The van der Waals surface area contributed by atoms with Crippen LogP contribution in [0.2, 0.25) is 0 Å². The van der Waals surface area contributed by atoms with Crippen LogP contribution >= 0.6 is 0 Å². The minimum atomic E-state index is -3.58. The SMILES string of the molecule is CC1CCC(NS(=O)(=O)c2ccc([N+](=O)[O-])cc2)C1. The Hall–Kier alpha value is -1.47. The fraction of sp³-hybridized carbons (Fsp3) is 0.500. The molecule has 1 aromatic rings. The number of nitrogens with zero attached hydrogens (tertiary/aromatic N) is 1. The van der Waals surface area contributed by atoms with Crippen LogP contribution in [0.15, 0.2) is 29.2 Å². The van der Waals surface area contributed by atoms with Gasteiger partial charge >= 0.3 is 0 Å². The summed E-state index contributed by atoms with van der Waals surface area (Å²) in [5.74, 6) is 0.532. The fourth-order valence-electron chi connectivity index (χ4n) is 2.35. The van der Waals surface area contributed by atoms with E-state index in [1.807, 2.05) is 0 Å². The predicted molar refractivity (Wildman–Crippen MR) is 70.2 cm³/mol. The summed E-state index contributed by atoms with van der Waals surface area (Å²) in [4.78, 5) is 10.0. The van der Waals surface area contributed by atoms with E-state index in [0.29, 0.717) is 5.92 Å². The second-order valence-corrected chi connectivity index (χ2v) is 6.70. The number of nitro benzene ring substituents is 1. The predicted octanol–water partition coefficient (Wildman–Crippen LogP) is 2.06. The maximum Gasteiger partial charge on any atom is 0.269 e. The van der Waals surface area contributed by atoms with E-state index in [4.69, 9.17) is 0 Å². The second-order valence-electron chi connectivity index (χ2n) is 4.99. The van der Waals surface area contributed by atoms with E-state index in [1.165, 1.54) is 24.3 Å². The molecule has 1 aliphatic carbocycles. The van der Waals surface area contributed by atoms with Gasteiger partial charge in [0.05, 0.1) is 9.82 Å². The molecule has 0 aromatic heterocycles. The van der Waals surface area contributed by atoms with Crippen molar-refractivity contribution in [3.8, 4) is 0 Å². The Balaban J connectivity index is 2.13. The minimum absolute atomic E-state index is 0.0322. The van der Waals surface area contributed by atoms with Gasteiger partial charge in [0.1, 0.15) is 0 Å². The van der Waals surface area contributed by atoms with Gasteiger partial charge in [0, 0.05) is 18.2 Å². The molecule has 0 heterocycles. The van der Waals surface area contributed by atoms with E-state index in [2.05, 4.69) is 11.6 Å². The topological polar surface area (TPSA) is 89.3 Å². The molecule has 1 saturated carbocycles. The molecule has 7 heteroatoms. The fourth-order valence-corrected chi connectivity index (χ4v) is 3.63. The number of benzene rings is 1. The van der Waals surface area contributed by atoms with Gasteiger partial charge in [-0.25, -0.2) is 13.1 Å². The summed E-state index contributed by atoms with van der Waals surface area (Å²) in [7, 11) is -3.58. The largest absolute Gasteiger partial charge is 0.269 e. The quantitative estimate of drug-likeness (QED) is 0.677. The number of nitro groups is 1. The zero-order valence-corrected chi connectivity index (χ0v) is 11.4. The lowest BCUT2D eigenvalue weighted by Crippen LogP contribution is -2.32. The van der Waals surface area contributed by atoms with Gasteiger partial charge in [-0.15, -0.1) is 0 Å². The van der Waals surface area contributed by atoms with Crippen molar-refractivity contribution in [2.45, 2.75) is 37.1 Å². The van der Waals surface area contributed by atoms with Gasteiger partial charge in [0.2, 0.25) is 10.0 Å². The molecule has 0 spiro atoms. The Bertz CT molecular complexity index is 568. The molecule has 6 nitrogen and oxygen atoms in total. The number of non-ortho nitro benzene ring substituents is 1. The molecule has 0 bridgehead atoms. The summed E-state index contributed by atoms with van der Waals surface area (Å²) in [6.45, 7) is 2.10. The van der Waals surface area contributed by atoms with Gasteiger partial charge in [-0.05, 0) is 37.3 Å². The monoisotopic (exact) mass is 284 g/mol. The van der Waals surface area contributed by atoms with Gasteiger partial charge in [0.15, 0.2) is 0 Å². The summed E-state index contributed by atoms with van der Waals surface area (Å²) < 4.78 is 26.8. The van der Waals surface area contributed by atoms with E-state index in [0.717, 1.165) is 19.3 Å². The van der Waals surface area contributed by atoms with Crippen molar-refractivity contribution < 1.29 is 13.3 Å². The number of nitrogens with one attached hydrogen (secondary N) is 1. The summed E-state index contributed by atoms with van der Waals surface area (Å²) in [5, 5.41) is 10.5. The standard InChI is InChI=1S/C12H16N2O4S/c1-9-2-3-10(8-9)13-19(17,18)12-6-4-11(5-7-12)14(15)16/h4-7,9-10,13H,2-3,8H2,1H3. The van der Waals surface area contributed by atoms with E-state index >= 15 is 0 Å². The molecule has 104 valence electrons. The molecule has 0 saturated heterocycles. The molecule has 1 N–H and O–H groups in total. The Morgan fingerprint density at radius 1 is 1.26 bits per heavy atom. The first-order chi connectivity index (χ1) is 8.88. The van der Waals surface area contributed by atoms with E-state index < -0.39 is 14.9 Å². The molecule has 2 unspecified atom stereocenters. The lowest BCUT2D eigenvalue weighted by molar-refractivity contribution is -0.384. The van der Waals surface area contributed by atoms with Crippen LogP contribution in [0.3, 0.4) is 0 Å². The first-order valence-corrected chi connectivity index (χ1v) is 7.63. The maximum absolute atomic E-state index is 12.1. The van der Waals surface area contributed by atoms with Gasteiger partial charge < -0.3 is 0 Å². The van der Waals surface area contributed by atoms with Crippen LogP contribution in [0.25, 0.3) is 0 Å². The normalized spacial score (nSPS) is 23.4. The highest BCUT2D eigenvalue weighted by molar-refractivity contribution is 7.89. The maximum atomic E-state index is 12.1. The highest BCUT2D eigenvalue weighted by atomic mass is 32.2. The van der Waals surface area contributed by atoms with Gasteiger partial charge in [-0.2, -0.15) is 0 Å². The highest BCUT2D eigenvalue weighted by Crippen LogP contribution is 2.26. The first kappa shape index (κ1) is 14.0. The molecule has 0 radical (unpaired) electrons. The molecule has 0 aliphatic heterocycles. The lowest BCUT2D eigenvalue weighted by atomic mass is 10.1. The zero-order chi connectivity index (χ0) is 14.0. The van der Waals surface area contributed by atoms with Crippen molar-refractivity contribution in [2.75, 3.05) is 0 Å². The van der Waals surface area contributed by atoms with Crippen molar-refractivity contribution in [3.63, 3.8) is 0 Å². The second kappa shape index (κ2) is 5.26. The van der Waals surface area contributed by atoms with Crippen LogP contribution in [0.4, 0.5) is 5.69 Å². The molecule has 2 rings (SSSR count). The smallest absolute Gasteiger partial charge is 0.258 e. The van der Waals surface area contributed by atoms with Crippen LogP contribution in [0.1, 0.15) is 26.2 Å². The van der Waals surface area contributed by atoms with Crippen molar-refractivity contribution in [1.29, 1.82) is 0 Å². The average molecular weight is 284 g/mol. The lowest BCUT2D eigenvalue weighted by Gasteiger charge is -2.12. The van der Waals surface area contributed by atoms with E-state index in [9.17, 15) is 18.5 Å². The molecular weight excluding hydrogens is 268 g/mol. The Kier molecular flexibility index (Phi) is 3.86. The van der Waals surface area contributed by atoms with Crippen molar-refractivity contribution >= 4 is 15.7 Å². The van der Waals surface area contributed by atoms with Crippen LogP contribution < -0.4 is 4.72 Å². The third-order valence-corrected chi connectivity index (χ3v) is 4.91. The number of sulfonamides is 1. The van der Waals surface area contributed by atoms with Crippen LogP contribution in [0, 0.1) is 16.0 Å². The summed E-state index contributed by atoms with van der Waals surface area (Å²) in [5.41, 5.74) is -0.117. The number of rotatable bonds is 4. The molecule has 19 heavy (non-hydrogen) atoms. The highest BCUT2D eigenvalue weighted by Gasteiger charge is 2.26. The third kappa shape index (κ3) is 3.30. The Labute approximate surface area is 112 Å². The Morgan fingerprint density at radius 2 is 1.89 bits per heavy atom. The van der Waals surface area contributed by atoms with Crippen molar-refractivity contribution in [3.05, 3.63) is 34.4 Å². The molecule has 0 amide bonds. The van der Waals surface area contributed by atoms with Crippen LogP contribution in [0.5, 0.6) is 0 Å². The number of hydrogen-bond acceptors (Lipinski definition) is 4. The summed E-state index contributed by atoms with van der Waals surface area (Å²) in [6, 6.07) is 4.89. The number of hydrogen-bond donors (Lipinski definition) is 1. The molecule has 1 aromatic carbocycles. The van der Waals surface area contributed by atoms with Crippen LogP contribution in [-0.2, 0) is 10.0 Å². The first-order valence-electron chi connectivity index (χ1n) is 6.15. The summed E-state index contributed by atoms with van der Waals surface area (Å²) in [6.07, 6.45) is 2.70. The van der Waals surface area contributed by atoms with Crippen LogP contribution in [-0.4, -0.2) is 19.4 Å². The van der Waals surface area contributed by atoms with E-state index in [-0.39, 0.29) is 16.6 Å². The van der Waals surface area contributed by atoms with Gasteiger partial charge in [-0.1, -0.05) is 6.92 Å². The molecular formula is C12H16N2O4S. The Morgan fingerprint density at radius 3 is 2.37 bits per heavy atom. The summed E-state index contributed by atoms with van der Waals surface area (Å²) >= 11 is 0. The van der Waals surface area contributed by atoms with Crippen molar-refractivity contribution in [1.82, 2.24) is 4.72 Å². The van der Waals surface area contributed by atoms with Gasteiger partial charge in [0.25, 0.3) is 5.69 Å². The molecule has 1 fully saturated rings. The molecule has 2 atom stereocenters. The third-order valence-electron chi connectivity index (χ3n) is 3.37. The zero-order valence-electron chi connectivity index (χ0n) is 10.6. The molecule has 1 aliphatic rings. The van der Waals surface area contributed by atoms with E-state index in [1.54, 1.807) is 0 Å². The minimum Gasteiger partial charge on any atom is -0.258 e. The average Bonchev–Trinajstić information content (AvgIpc) is 2.74.